The lowest BCUT2D eigenvalue weighted by Crippen LogP contribution is -2.54. The third kappa shape index (κ3) is 4.35. The van der Waals surface area contributed by atoms with Crippen LogP contribution in [0.15, 0.2) is 48.5 Å². The van der Waals surface area contributed by atoms with Crippen molar-refractivity contribution < 1.29 is 18.0 Å². The van der Waals surface area contributed by atoms with E-state index in [4.69, 9.17) is 0 Å². The molecule has 1 N–H and O–H groups in total. The monoisotopic (exact) mass is 377 g/mol. The molecular weight excluding hydrogens is 355 g/mol. The number of alkyl halides is 3. The maximum atomic E-state index is 13.1. The first kappa shape index (κ1) is 19.1. The van der Waals surface area contributed by atoms with Crippen molar-refractivity contribution in [1.82, 2.24) is 4.90 Å². The molecule has 2 aromatic carbocycles. The molecule has 144 valence electrons. The normalized spacial score (nSPS) is 17.7. The lowest BCUT2D eigenvalue weighted by atomic mass is 10.1. The molecule has 1 heterocycles. The summed E-state index contributed by atoms with van der Waals surface area (Å²) in [7, 11) is 0. The average molecular weight is 377 g/mol. The number of piperazine rings is 1. The molecular formula is C20H22F3N3O. The molecule has 0 aliphatic carbocycles. The Hall–Kier alpha value is -2.70. The largest absolute Gasteiger partial charge is 0.418 e. The van der Waals surface area contributed by atoms with Crippen molar-refractivity contribution in [2.24, 2.45) is 0 Å². The van der Waals surface area contributed by atoms with Crippen LogP contribution in [0.4, 0.5) is 29.3 Å². The van der Waals surface area contributed by atoms with E-state index in [-0.39, 0.29) is 11.7 Å². The van der Waals surface area contributed by atoms with Crippen LogP contribution in [0.1, 0.15) is 18.1 Å². The number of para-hydroxylation sites is 1. The number of hydrogen-bond donors (Lipinski definition) is 1. The first-order valence-corrected chi connectivity index (χ1v) is 8.81. The lowest BCUT2D eigenvalue weighted by molar-refractivity contribution is -0.136. The van der Waals surface area contributed by atoms with Gasteiger partial charge in [0.2, 0.25) is 0 Å². The SMILES string of the molecule is Cc1ccc(N2CCN(C(=O)Nc3ccccc3C(F)(F)F)CC2C)cc1. The molecule has 1 saturated heterocycles. The number of anilines is 2. The van der Waals surface area contributed by atoms with E-state index >= 15 is 0 Å². The summed E-state index contributed by atoms with van der Waals surface area (Å²) in [5.41, 5.74) is 1.19. The van der Waals surface area contributed by atoms with Crippen molar-refractivity contribution in [1.29, 1.82) is 0 Å². The van der Waals surface area contributed by atoms with Gasteiger partial charge in [0.05, 0.1) is 11.3 Å². The molecule has 0 saturated carbocycles. The quantitative estimate of drug-likeness (QED) is 0.819. The molecule has 0 aromatic heterocycles. The van der Waals surface area contributed by atoms with E-state index in [1.165, 1.54) is 23.8 Å². The first-order chi connectivity index (χ1) is 12.8. The number of carbonyl (C=O) groups is 1. The molecule has 27 heavy (non-hydrogen) atoms. The fourth-order valence-electron chi connectivity index (χ4n) is 3.30. The average Bonchev–Trinajstić information content (AvgIpc) is 2.62. The van der Waals surface area contributed by atoms with Gasteiger partial charge in [-0.05, 0) is 38.1 Å². The summed E-state index contributed by atoms with van der Waals surface area (Å²) >= 11 is 0. The molecule has 1 unspecified atom stereocenters. The van der Waals surface area contributed by atoms with Gasteiger partial charge < -0.3 is 15.1 Å². The summed E-state index contributed by atoms with van der Waals surface area (Å²) in [6.45, 7) is 5.53. The predicted molar refractivity (Wildman–Crippen MR) is 100 cm³/mol. The highest BCUT2D eigenvalue weighted by Gasteiger charge is 2.34. The third-order valence-electron chi connectivity index (χ3n) is 4.75. The Morgan fingerprint density at radius 1 is 1.07 bits per heavy atom. The molecule has 1 atom stereocenters. The number of benzene rings is 2. The molecule has 1 fully saturated rings. The number of hydrogen-bond acceptors (Lipinski definition) is 2. The number of nitrogens with one attached hydrogen (secondary N) is 1. The molecule has 0 spiro atoms. The number of amides is 2. The van der Waals surface area contributed by atoms with Crippen LogP contribution in [0.3, 0.4) is 0 Å². The van der Waals surface area contributed by atoms with Gasteiger partial charge >= 0.3 is 12.2 Å². The van der Waals surface area contributed by atoms with Crippen LogP contribution in [0.5, 0.6) is 0 Å². The Morgan fingerprint density at radius 3 is 2.37 bits per heavy atom. The summed E-state index contributed by atoms with van der Waals surface area (Å²) in [6, 6.07) is 12.7. The van der Waals surface area contributed by atoms with Gasteiger partial charge in [0, 0.05) is 31.4 Å². The zero-order valence-electron chi connectivity index (χ0n) is 15.3. The molecule has 7 heteroatoms. The number of aryl methyl sites for hydroxylation is 1. The van der Waals surface area contributed by atoms with Crippen molar-refractivity contribution in [2.45, 2.75) is 26.1 Å². The molecule has 1 aliphatic heterocycles. The molecule has 0 bridgehead atoms. The number of urea groups is 1. The number of halogens is 3. The Kier molecular flexibility index (Phi) is 5.30. The highest BCUT2D eigenvalue weighted by atomic mass is 19.4. The summed E-state index contributed by atoms with van der Waals surface area (Å²) in [5, 5.41) is 2.42. The van der Waals surface area contributed by atoms with E-state index < -0.39 is 17.8 Å². The van der Waals surface area contributed by atoms with E-state index in [1.807, 2.05) is 38.1 Å². The number of rotatable bonds is 2. The fraction of sp³-hybridized carbons (Fsp3) is 0.350. The van der Waals surface area contributed by atoms with Gasteiger partial charge in [-0.3, -0.25) is 0 Å². The number of carbonyl (C=O) groups excluding carboxylic acids is 1. The lowest BCUT2D eigenvalue weighted by Gasteiger charge is -2.41. The minimum atomic E-state index is -4.51. The molecule has 0 radical (unpaired) electrons. The van der Waals surface area contributed by atoms with Crippen LogP contribution < -0.4 is 10.2 Å². The molecule has 3 rings (SSSR count). The molecule has 1 aliphatic rings. The van der Waals surface area contributed by atoms with Crippen LogP contribution in [0.25, 0.3) is 0 Å². The second-order valence-electron chi connectivity index (χ2n) is 6.80. The molecule has 4 nitrogen and oxygen atoms in total. The van der Waals surface area contributed by atoms with Gasteiger partial charge in [0.25, 0.3) is 0 Å². The second kappa shape index (κ2) is 7.50. The van der Waals surface area contributed by atoms with Gasteiger partial charge in [-0.15, -0.1) is 0 Å². The third-order valence-corrected chi connectivity index (χ3v) is 4.75. The summed E-state index contributed by atoms with van der Waals surface area (Å²) in [6.07, 6.45) is -4.51. The first-order valence-electron chi connectivity index (χ1n) is 8.81. The van der Waals surface area contributed by atoms with Gasteiger partial charge in [-0.1, -0.05) is 29.8 Å². The van der Waals surface area contributed by atoms with Crippen molar-refractivity contribution in [3.63, 3.8) is 0 Å². The Bertz CT molecular complexity index is 805. The zero-order valence-corrected chi connectivity index (χ0v) is 15.3. The highest BCUT2D eigenvalue weighted by Crippen LogP contribution is 2.34. The smallest absolute Gasteiger partial charge is 0.365 e. The van der Waals surface area contributed by atoms with Crippen LogP contribution in [-0.2, 0) is 6.18 Å². The minimum absolute atomic E-state index is 0.0602. The molecule has 2 aromatic rings. The minimum Gasteiger partial charge on any atom is -0.365 e. The Balaban J connectivity index is 1.67. The van der Waals surface area contributed by atoms with Crippen LogP contribution >= 0.6 is 0 Å². The van der Waals surface area contributed by atoms with Crippen LogP contribution in [0, 0.1) is 6.92 Å². The van der Waals surface area contributed by atoms with Crippen molar-refractivity contribution in [2.75, 3.05) is 29.9 Å². The molecule has 2 amide bonds. The highest BCUT2D eigenvalue weighted by molar-refractivity contribution is 5.90. The fourth-order valence-corrected chi connectivity index (χ4v) is 3.30. The second-order valence-corrected chi connectivity index (χ2v) is 6.80. The maximum Gasteiger partial charge on any atom is 0.418 e. The number of nitrogens with zero attached hydrogens (tertiary/aromatic N) is 2. The standard InChI is InChI=1S/C20H22F3N3O/c1-14-7-9-16(10-8-14)26-12-11-25(13-15(26)2)19(27)24-18-6-4-3-5-17(18)20(21,22)23/h3-10,15H,11-13H2,1-2H3,(H,24,27). The summed E-state index contributed by atoms with van der Waals surface area (Å²) in [4.78, 5) is 16.3. The van der Waals surface area contributed by atoms with Crippen molar-refractivity contribution in [3.8, 4) is 0 Å². The van der Waals surface area contributed by atoms with Crippen LogP contribution in [-0.4, -0.2) is 36.6 Å². The van der Waals surface area contributed by atoms with Gasteiger partial charge in [0.1, 0.15) is 0 Å². The van der Waals surface area contributed by atoms with Gasteiger partial charge in [0.15, 0.2) is 0 Å². The topological polar surface area (TPSA) is 35.6 Å². The predicted octanol–water partition coefficient (Wildman–Crippen LogP) is 4.76. The van der Waals surface area contributed by atoms with E-state index in [9.17, 15) is 18.0 Å². The van der Waals surface area contributed by atoms with E-state index in [2.05, 4.69) is 10.2 Å². The van der Waals surface area contributed by atoms with E-state index in [0.29, 0.717) is 19.6 Å². The maximum absolute atomic E-state index is 13.1. The van der Waals surface area contributed by atoms with E-state index in [0.717, 1.165) is 11.8 Å². The Morgan fingerprint density at radius 2 is 1.74 bits per heavy atom. The summed E-state index contributed by atoms with van der Waals surface area (Å²) in [5.74, 6) is 0. The Labute approximate surface area is 156 Å². The van der Waals surface area contributed by atoms with Crippen molar-refractivity contribution in [3.05, 3.63) is 59.7 Å². The van der Waals surface area contributed by atoms with Crippen molar-refractivity contribution >= 4 is 17.4 Å². The summed E-state index contributed by atoms with van der Waals surface area (Å²) < 4.78 is 39.3. The zero-order chi connectivity index (χ0) is 19.6. The van der Waals surface area contributed by atoms with E-state index in [1.54, 1.807) is 4.90 Å². The van der Waals surface area contributed by atoms with Gasteiger partial charge in [-0.2, -0.15) is 13.2 Å². The van der Waals surface area contributed by atoms with Gasteiger partial charge in [-0.25, -0.2) is 4.79 Å². The van der Waals surface area contributed by atoms with Crippen LogP contribution in [0.2, 0.25) is 0 Å².